The number of carbonyl (C=O) groups is 1. The maximum atomic E-state index is 11.7. The molecule has 0 fully saturated rings. The number of aryl methyl sites for hydroxylation is 1. The fraction of sp³-hybridized carbons (Fsp3) is 0.769. The summed E-state index contributed by atoms with van der Waals surface area (Å²) in [7, 11) is 0. The molecule has 3 N–H and O–H groups in total. The number of carbonyl (C=O) groups excluding carboxylic acids is 1. The van der Waals surface area contributed by atoms with Crippen LogP contribution in [0.4, 0.5) is 0 Å². The zero-order valence-corrected chi connectivity index (χ0v) is 11.9. The molecule has 0 saturated heterocycles. The summed E-state index contributed by atoms with van der Waals surface area (Å²) >= 11 is 0. The molecule has 0 aromatic carbocycles. The summed E-state index contributed by atoms with van der Waals surface area (Å²) < 4.78 is 1.93. The van der Waals surface area contributed by atoms with Crippen molar-refractivity contribution in [2.24, 2.45) is 5.73 Å². The number of nitrogens with two attached hydrogens (primary N) is 1. The van der Waals surface area contributed by atoms with Crippen LogP contribution in [0.25, 0.3) is 0 Å². The molecular formula is C13H23N5O. The lowest BCUT2D eigenvalue weighted by Gasteiger charge is -2.23. The van der Waals surface area contributed by atoms with Gasteiger partial charge in [-0.3, -0.25) is 4.79 Å². The topological polar surface area (TPSA) is 85.8 Å². The number of hydrogen-bond acceptors (Lipinski definition) is 4. The molecule has 1 aliphatic rings. The Labute approximate surface area is 113 Å². The molecule has 1 amide bonds. The van der Waals surface area contributed by atoms with Gasteiger partial charge in [0.25, 0.3) is 0 Å². The van der Waals surface area contributed by atoms with Crippen molar-refractivity contribution >= 4 is 5.91 Å². The van der Waals surface area contributed by atoms with Crippen molar-refractivity contribution in [3.05, 3.63) is 11.6 Å². The van der Waals surface area contributed by atoms with E-state index in [4.69, 9.17) is 5.73 Å². The molecule has 106 valence electrons. The fourth-order valence-electron chi connectivity index (χ4n) is 2.27. The van der Waals surface area contributed by atoms with Crippen molar-refractivity contribution < 1.29 is 4.79 Å². The van der Waals surface area contributed by atoms with Gasteiger partial charge in [0.2, 0.25) is 5.91 Å². The van der Waals surface area contributed by atoms with Crippen LogP contribution in [0.2, 0.25) is 0 Å². The van der Waals surface area contributed by atoms with E-state index in [0.717, 1.165) is 24.5 Å². The molecule has 1 aliphatic heterocycles. The van der Waals surface area contributed by atoms with Gasteiger partial charge in [0.05, 0.1) is 6.54 Å². The molecule has 0 radical (unpaired) electrons. The molecule has 6 heteroatoms. The second-order valence-corrected chi connectivity index (χ2v) is 5.71. The SMILES string of the molecule is CC(N)CC(=O)NC1CCc2nc(C(C)C)nn2C1. The molecule has 19 heavy (non-hydrogen) atoms. The Hall–Kier alpha value is -1.43. The second-order valence-electron chi connectivity index (χ2n) is 5.71. The molecule has 0 spiro atoms. The van der Waals surface area contributed by atoms with Crippen molar-refractivity contribution in [1.29, 1.82) is 0 Å². The van der Waals surface area contributed by atoms with Crippen LogP contribution in [0.3, 0.4) is 0 Å². The summed E-state index contributed by atoms with van der Waals surface area (Å²) in [5, 5.41) is 7.52. The van der Waals surface area contributed by atoms with Crippen molar-refractivity contribution in [3.8, 4) is 0 Å². The zero-order chi connectivity index (χ0) is 14.0. The standard InChI is InChI=1S/C13H23N5O/c1-8(2)13-16-11-5-4-10(7-18(11)17-13)15-12(19)6-9(3)14/h8-10H,4-7,14H2,1-3H3,(H,15,19). The molecule has 2 unspecified atom stereocenters. The van der Waals surface area contributed by atoms with Crippen LogP contribution < -0.4 is 11.1 Å². The zero-order valence-electron chi connectivity index (χ0n) is 11.9. The van der Waals surface area contributed by atoms with Crippen molar-refractivity contribution in [1.82, 2.24) is 20.1 Å². The first kappa shape index (κ1) is 14.0. The highest BCUT2D eigenvalue weighted by Crippen LogP contribution is 2.17. The first-order valence-corrected chi connectivity index (χ1v) is 6.94. The summed E-state index contributed by atoms with van der Waals surface area (Å²) in [6.07, 6.45) is 2.15. The smallest absolute Gasteiger partial charge is 0.221 e. The number of nitrogens with zero attached hydrogens (tertiary/aromatic N) is 3. The Balaban J connectivity index is 1.96. The third kappa shape index (κ3) is 3.53. The highest BCUT2D eigenvalue weighted by atomic mass is 16.1. The minimum atomic E-state index is -0.0990. The van der Waals surface area contributed by atoms with Gasteiger partial charge in [-0.1, -0.05) is 13.8 Å². The second kappa shape index (κ2) is 5.69. The van der Waals surface area contributed by atoms with E-state index in [1.807, 2.05) is 11.6 Å². The quantitative estimate of drug-likeness (QED) is 0.833. The van der Waals surface area contributed by atoms with Crippen LogP contribution in [0, 0.1) is 0 Å². The molecule has 2 heterocycles. The monoisotopic (exact) mass is 265 g/mol. The van der Waals surface area contributed by atoms with Crippen molar-refractivity contribution in [2.45, 2.75) is 64.6 Å². The average molecular weight is 265 g/mol. The molecule has 1 aromatic heterocycles. The lowest BCUT2D eigenvalue weighted by Crippen LogP contribution is -2.42. The van der Waals surface area contributed by atoms with E-state index in [-0.39, 0.29) is 18.0 Å². The molecule has 0 saturated carbocycles. The average Bonchev–Trinajstić information content (AvgIpc) is 2.70. The van der Waals surface area contributed by atoms with E-state index in [2.05, 4.69) is 29.2 Å². The highest BCUT2D eigenvalue weighted by molar-refractivity contribution is 5.76. The molecule has 6 nitrogen and oxygen atoms in total. The van der Waals surface area contributed by atoms with Gasteiger partial charge in [-0.15, -0.1) is 0 Å². The van der Waals surface area contributed by atoms with Gasteiger partial charge in [-0.05, 0) is 13.3 Å². The summed E-state index contributed by atoms with van der Waals surface area (Å²) in [4.78, 5) is 16.2. The van der Waals surface area contributed by atoms with Gasteiger partial charge in [-0.2, -0.15) is 5.10 Å². The number of nitrogens with one attached hydrogen (secondary N) is 1. The molecule has 0 aliphatic carbocycles. The Morgan fingerprint density at radius 1 is 1.53 bits per heavy atom. The normalized spacial score (nSPS) is 20.2. The Morgan fingerprint density at radius 3 is 2.89 bits per heavy atom. The van der Waals surface area contributed by atoms with E-state index >= 15 is 0 Å². The number of aromatic nitrogens is 3. The Kier molecular flexibility index (Phi) is 4.19. The molecule has 2 rings (SSSR count). The third-order valence-corrected chi connectivity index (χ3v) is 3.26. The molecule has 2 atom stereocenters. The van der Waals surface area contributed by atoms with Crippen molar-refractivity contribution in [2.75, 3.05) is 0 Å². The van der Waals surface area contributed by atoms with Crippen LogP contribution >= 0.6 is 0 Å². The van der Waals surface area contributed by atoms with Gasteiger partial charge in [-0.25, -0.2) is 9.67 Å². The number of amides is 1. The van der Waals surface area contributed by atoms with Gasteiger partial charge in [0.15, 0.2) is 5.82 Å². The predicted molar refractivity (Wildman–Crippen MR) is 72.6 cm³/mol. The summed E-state index contributed by atoms with van der Waals surface area (Å²) in [6.45, 7) is 6.72. The molecule has 1 aromatic rings. The number of fused-ring (bicyclic) bond motifs is 1. The first-order chi connectivity index (χ1) is 8.95. The molecule has 0 bridgehead atoms. The summed E-state index contributed by atoms with van der Waals surface area (Å²) in [6, 6.07) is 0.0403. The minimum Gasteiger partial charge on any atom is -0.351 e. The maximum Gasteiger partial charge on any atom is 0.221 e. The predicted octanol–water partition coefficient (Wildman–Crippen LogP) is 0.570. The van der Waals surface area contributed by atoms with E-state index in [1.165, 1.54) is 0 Å². The van der Waals surface area contributed by atoms with Crippen LogP contribution in [0.1, 0.15) is 51.2 Å². The van der Waals surface area contributed by atoms with Gasteiger partial charge in [0.1, 0.15) is 5.82 Å². The maximum absolute atomic E-state index is 11.7. The van der Waals surface area contributed by atoms with Crippen LogP contribution in [0.5, 0.6) is 0 Å². The van der Waals surface area contributed by atoms with Crippen LogP contribution in [0.15, 0.2) is 0 Å². The van der Waals surface area contributed by atoms with Crippen LogP contribution in [-0.2, 0) is 17.8 Å². The lowest BCUT2D eigenvalue weighted by molar-refractivity contribution is -0.122. The Morgan fingerprint density at radius 2 is 2.26 bits per heavy atom. The Bertz CT molecular complexity index is 452. The number of hydrogen-bond donors (Lipinski definition) is 2. The van der Waals surface area contributed by atoms with Gasteiger partial charge in [0, 0.05) is 30.8 Å². The lowest BCUT2D eigenvalue weighted by atomic mass is 10.1. The first-order valence-electron chi connectivity index (χ1n) is 6.94. The van der Waals surface area contributed by atoms with E-state index in [0.29, 0.717) is 18.9 Å². The summed E-state index contributed by atoms with van der Waals surface area (Å²) in [5.41, 5.74) is 5.62. The third-order valence-electron chi connectivity index (χ3n) is 3.26. The van der Waals surface area contributed by atoms with Crippen LogP contribution in [-0.4, -0.2) is 32.8 Å². The van der Waals surface area contributed by atoms with E-state index < -0.39 is 0 Å². The van der Waals surface area contributed by atoms with E-state index in [1.54, 1.807) is 0 Å². The largest absolute Gasteiger partial charge is 0.351 e. The number of rotatable bonds is 4. The summed E-state index contributed by atoms with van der Waals surface area (Å²) in [5.74, 6) is 2.27. The van der Waals surface area contributed by atoms with Gasteiger partial charge < -0.3 is 11.1 Å². The van der Waals surface area contributed by atoms with E-state index in [9.17, 15) is 4.79 Å². The highest BCUT2D eigenvalue weighted by Gasteiger charge is 2.23. The molecular weight excluding hydrogens is 242 g/mol. The van der Waals surface area contributed by atoms with Gasteiger partial charge >= 0.3 is 0 Å². The fourth-order valence-corrected chi connectivity index (χ4v) is 2.27. The van der Waals surface area contributed by atoms with Crippen molar-refractivity contribution in [3.63, 3.8) is 0 Å². The minimum absolute atomic E-state index is 0.0210.